The van der Waals surface area contributed by atoms with Gasteiger partial charge in [-0.2, -0.15) is 0 Å². The van der Waals surface area contributed by atoms with Crippen LogP contribution in [0.2, 0.25) is 0 Å². The van der Waals surface area contributed by atoms with Crippen LogP contribution >= 0.6 is 0 Å². The van der Waals surface area contributed by atoms with Gasteiger partial charge in [-0.3, -0.25) is 0 Å². The largest absolute Gasteiger partial charge is 0.392 e. The highest BCUT2D eigenvalue weighted by molar-refractivity contribution is 5.34. The molecule has 1 aliphatic rings. The van der Waals surface area contributed by atoms with Gasteiger partial charge >= 0.3 is 0 Å². The minimum absolute atomic E-state index is 0.00538. The van der Waals surface area contributed by atoms with E-state index in [1.807, 2.05) is 0 Å². The fourth-order valence-electron chi connectivity index (χ4n) is 0.946. The van der Waals surface area contributed by atoms with Gasteiger partial charge in [-0.15, -0.1) is 0 Å². The number of allylic oxidation sites excluding steroid dienone is 3. The lowest BCUT2D eigenvalue weighted by Gasteiger charge is -2.18. The van der Waals surface area contributed by atoms with Gasteiger partial charge in [0, 0.05) is 6.42 Å². The van der Waals surface area contributed by atoms with E-state index in [1.165, 1.54) is 6.08 Å². The van der Waals surface area contributed by atoms with Crippen LogP contribution in [-0.2, 0) is 0 Å². The highest BCUT2D eigenvalue weighted by atomic mass is 16.5. The molecule has 66 valence electrons. The number of aliphatic hydroxyl groups excluding tert-OH is 1. The highest BCUT2D eigenvalue weighted by Gasteiger charge is 2.19. The third-order valence-electron chi connectivity index (χ3n) is 1.60. The lowest BCUT2D eigenvalue weighted by Crippen LogP contribution is -2.25. The predicted octanol–water partition coefficient (Wildman–Crippen LogP) is 0.102. The molecule has 12 heavy (non-hydrogen) atoms. The molecule has 0 amide bonds. The molecule has 0 aromatic carbocycles. The average molecular weight is 168 g/mol. The Bertz CT molecular complexity index is 236. The van der Waals surface area contributed by atoms with E-state index in [1.54, 1.807) is 24.3 Å². The first-order valence-corrected chi connectivity index (χ1v) is 3.75. The van der Waals surface area contributed by atoms with E-state index in [4.69, 9.17) is 15.3 Å². The minimum atomic E-state index is -1.70. The molecular weight excluding hydrogens is 156 g/mol. The van der Waals surface area contributed by atoms with Crippen molar-refractivity contribution < 1.29 is 15.3 Å². The standard InChI is InChI=1S/C9H12O3/c10-7-1-2-8-3-5-9(11,12)6-4-8/h1-5,10-12H,6-7H2/b2-1+. The molecule has 0 unspecified atom stereocenters. The smallest absolute Gasteiger partial charge is 0.186 e. The summed E-state index contributed by atoms with van der Waals surface area (Å²) in [5.74, 6) is -1.70. The summed E-state index contributed by atoms with van der Waals surface area (Å²) in [5, 5.41) is 26.6. The van der Waals surface area contributed by atoms with E-state index in [2.05, 4.69) is 0 Å². The molecule has 1 aliphatic carbocycles. The van der Waals surface area contributed by atoms with E-state index in [-0.39, 0.29) is 13.0 Å². The molecule has 0 saturated carbocycles. The molecule has 0 fully saturated rings. The van der Waals surface area contributed by atoms with Crippen molar-refractivity contribution in [2.75, 3.05) is 6.61 Å². The van der Waals surface area contributed by atoms with E-state index in [0.717, 1.165) is 5.57 Å². The normalized spacial score (nSPS) is 21.4. The van der Waals surface area contributed by atoms with Crippen molar-refractivity contribution in [2.24, 2.45) is 0 Å². The van der Waals surface area contributed by atoms with Gasteiger partial charge in [0.1, 0.15) is 0 Å². The number of hydrogen-bond donors (Lipinski definition) is 3. The topological polar surface area (TPSA) is 60.7 Å². The van der Waals surface area contributed by atoms with Crippen molar-refractivity contribution >= 4 is 0 Å². The Labute approximate surface area is 71.0 Å². The van der Waals surface area contributed by atoms with Crippen molar-refractivity contribution in [3.63, 3.8) is 0 Å². The molecule has 0 radical (unpaired) electrons. The maximum absolute atomic E-state index is 9.07. The second kappa shape index (κ2) is 3.67. The molecule has 0 bridgehead atoms. The third kappa shape index (κ3) is 2.62. The minimum Gasteiger partial charge on any atom is -0.392 e. The van der Waals surface area contributed by atoms with Gasteiger partial charge < -0.3 is 15.3 Å². The summed E-state index contributed by atoms with van der Waals surface area (Å²) in [4.78, 5) is 0. The molecule has 0 heterocycles. The van der Waals surface area contributed by atoms with Gasteiger partial charge in [0.15, 0.2) is 5.79 Å². The van der Waals surface area contributed by atoms with Crippen LogP contribution < -0.4 is 0 Å². The van der Waals surface area contributed by atoms with Crippen LogP contribution in [-0.4, -0.2) is 27.7 Å². The SMILES string of the molecule is OC/C=C/C1=CCC(O)(O)C=C1. The Balaban J connectivity index is 2.58. The third-order valence-corrected chi connectivity index (χ3v) is 1.60. The Morgan fingerprint density at radius 1 is 1.50 bits per heavy atom. The van der Waals surface area contributed by atoms with E-state index < -0.39 is 5.79 Å². The molecule has 0 saturated heterocycles. The maximum Gasteiger partial charge on any atom is 0.186 e. The first kappa shape index (κ1) is 9.19. The van der Waals surface area contributed by atoms with Crippen LogP contribution in [0.25, 0.3) is 0 Å². The summed E-state index contributed by atoms with van der Waals surface area (Å²) < 4.78 is 0. The maximum atomic E-state index is 9.07. The van der Waals surface area contributed by atoms with E-state index in [0.29, 0.717) is 0 Å². The summed E-state index contributed by atoms with van der Waals surface area (Å²) in [5.41, 5.74) is 0.878. The van der Waals surface area contributed by atoms with Crippen LogP contribution in [0.15, 0.2) is 36.0 Å². The Morgan fingerprint density at radius 3 is 2.75 bits per heavy atom. The molecule has 0 atom stereocenters. The average Bonchev–Trinajstić information content (AvgIpc) is 2.03. The van der Waals surface area contributed by atoms with Crippen molar-refractivity contribution in [2.45, 2.75) is 12.2 Å². The molecule has 3 heteroatoms. The molecular formula is C9H12O3. The summed E-state index contributed by atoms with van der Waals surface area (Å²) in [6.07, 6.45) is 8.14. The van der Waals surface area contributed by atoms with Crippen LogP contribution in [0, 0.1) is 0 Å². The summed E-state index contributed by atoms with van der Waals surface area (Å²) >= 11 is 0. The molecule has 1 rings (SSSR count). The first-order valence-electron chi connectivity index (χ1n) is 3.75. The zero-order chi connectivity index (χ0) is 9.03. The number of rotatable bonds is 2. The molecule has 0 aromatic heterocycles. The Hall–Kier alpha value is -0.900. The van der Waals surface area contributed by atoms with E-state index in [9.17, 15) is 0 Å². The second-order valence-electron chi connectivity index (χ2n) is 2.71. The fourth-order valence-corrected chi connectivity index (χ4v) is 0.946. The van der Waals surface area contributed by atoms with Crippen LogP contribution in [0.4, 0.5) is 0 Å². The van der Waals surface area contributed by atoms with Crippen molar-refractivity contribution in [3.8, 4) is 0 Å². The first-order chi connectivity index (χ1) is 5.64. The quantitative estimate of drug-likeness (QED) is 0.512. The van der Waals surface area contributed by atoms with Crippen LogP contribution in [0.3, 0.4) is 0 Å². The summed E-state index contributed by atoms with van der Waals surface area (Å²) in [6, 6.07) is 0. The number of aliphatic hydroxyl groups is 3. The monoisotopic (exact) mass is 168 g/mol. The van der Waals surface area contributed by atoms with Gasteiger partial charge in [-0.1, -0.05) is 24.3 Å². The highest BCUT2D eigenvalue weighted by Crippen LogP contribution is 2.18. The van der Waals surface area contributed by atoms with Gasteiger partial charge in [0.25, 0.3) is 0 Å². The fraction of sp³-hybridized carbons (Fsp3) is 0.333. The van der Waals surface area contributed by atoms with Crippen molar-refractivity contribution in [3.05, 3.63) is 36.0 Å². The molecule has 3 N–H and O–H groups in total. The van der Waals surface area contributed by atoms with Crippen LogP contribution in [0.1, 0.15) is 6.42 Å². The molecule has 3 nitrogen and oxygen atoms in total. The Kier molecular flexibility index (Phi) is 2.81. The summed E-state index contributed by atoms with van der Waals surface area (Å²) in [7, 11) is 0. The van der Waals surface area contributed by atoms with Gasteiger partial charge in [0.05, 0.1) is 6.61 Å². The van der Waals surface area contributed by atoms with Gasteiger partial charge in [0.2, 0.25) is 0 Å². The molecule has 0 aromatic rings. The Morgan fingerprint density at radius 2 is 2.25 bits per heavy atom. The van der Waals surface area contributed by atoms with E-state index >= 15 is 0 Å². The van der Waals surface area contributed by atoms with Gasteiger partial charge in [-0.25, -0.2) is 0 Å². The second-order valence-corrected chi connectivity index (χ2v) is 2.71. The predicted molar refractivity (Wildman–Crippen MR) is 45.2 cm³/mol. The van der Waals surface area contributed by atoms with Crippen molar-refractivity contribution in [1.82, 2.24) is 0 Å². The zero-order valence-electron chi connectivity index (χ0n) is 6.64. The molecule has 0 aliphatic heterocycles. The molecule has 0 spiro atoms. The van der Waals surface area contributed by atoms with Gasteiger partial charge in [-0.05, 0) is 11.6 Å². The number of hydrogen-bond acceptors (Lipinski definition) is 3. The van der Waals surface area contributed by atoms with Crippen LogP contribution in [0.5, 0.6) is 0 Å². The summed E-state index contributed by atoms with van der Waals surface area (Å²) in [6.45, 7) is -0.00538. The zero-order valence-corrected chi connectivity index (χ0v) is 6.64. The lowest BCUT2D eigenvalue weighted by molar-refractivity contribution is -0.115. The lowest BCUT2D eigenvalue weighted by atomic mass is 10.0. The van der Waals surface area contributed by atoms with Crippen molar-refractivity contribution in [1.29, 1.82) is 0 Å².